The van der Waals surface area contributed by atoms with Crippen molar-refractivity contribution in [1.82, 2.24) is 14.9 Å². The number of sulfonamides is 1. The Morgan fingerprint density at radius 2 is 1.59 bits per heavy atom. The molecule has 240 valence electrons. The average Bonchev–Trinajstić information content (AvgIpc) is 3.87. The summed E-state index contributed by atoms with van der Waals surface area (Å²) in [5.74, 6) is 0.0739. The first-order valence-electron chi connectivity index (χ1n) is 14.9. The molecule has 8 nitrogen and oxygen atoms in total. The molecular weight excluding hydrogens is 645 g/mol. The lowest BCUT2D eigenvalue weighted by atomic mass is 10.0. The number of nitrogens with zero attached hydrogens (tertiary/aromatic N) is 1. The number of hydrogen-bond acceptors (Lipinski definition) is 5. The quantitative estimate of drug-likeness (QED) is 0.159. The second-order valence-electron chi connectivity index (χ2n) is 11.2. The van der Waals surface area contributed by atoms with Crippen LogP contribution in [0.15, 0.2) is 102 Å². The lowest BCUT2D eigenvalue weighted by molar-refractivity contribution is -0.141. The largest absolute Gasteiger partial charge is 0.497 e. The van der Waals surface area contributed by atoms with Gasteiger partial charge in [-0.2, -0.15) is 0 Å². The lowest BCUT2D eigenvalue weighted by Gasteiger charge is -2.32. The lowest BCUT2D eigenvalue weighted by Crippen LogP contribution is -2.43. The topological polar surface area (TPSA) is 105 Å². The van der Waals surface area contributed by atoms with Crippen LogP contribution in [0.5, 0.6) is 5.75 Å². The van der Waals surface area contributed by atoms with Gasteiger partial charge in [-0.15, -0.1) is 0 Å². The molecule has 1 unspecified atom stereocenters. The molecule has 2 N–H and O–H groups in total. The highest BCUT2D eigenvalue weighted by Crippen LogP contribution is 2.27. The number of hydrogen-bond donors (Lipinski definition) is 2. The molecule has 5 rings (SSSR count). The normalized spacial score (nSPS) is 13.5. The van der Waals surface area contributed by atoms with Gasteiger partial charge in [-0.05, 0) is 77.9 Å². The summed E-state index contributed by atoms with van der Waals surface area (Å²) in [6.07, 6.45) is 2.16. The number of carbonyl (C=O) groups is 2. The summed E-state index contributed by atoms with van der Waals surface area (Å²) in [6, 6.07) is 27.2. The Labute approximate surface area is 279 Å². The summed E-state index contributed by atoms with van der Waals surface area (Å²) in [5.41, 5.74) is 2.97. The van der Waals surface area contributed by atoms with Crippen LogP contribution in [-0.4, -0.2) is 38.3 Å². The fourth-order valence-corrected chi connectivity index (χ4v) is 6.80. The predicted molar refractivity (Wildman–Crippen MR) is 179 cm³/mol. The monoisotopic (exact) mass is 679 g/mol. The van der Waals surface area contributed by atoms with Crippen molar-refractivity contribution in [1.29, 1.82) is 0 Å². The number of methoxy groups -OCH3 is 1. The first kappa shape index (κ1) is 33.5. The van der Waals surface area contributed by atoms with Crippen LogP contribution in [0.1, 0.15) is 47.6 Å². The van der Waals surface area contributed by atoms with E-state index in [0.717, 1.165) is 24.0 Å². The molecule has 0 spiro atoms. The Hall–Kier alpha value is -3.89. The maximum atomic E-state index is 14.1. The molecule has 11 heteroatoms. The van der Waals surface area contributed by atoms with Crippen molar-refractivity contribution < 1.29 is 22.7 Å². The summed E-state index contributed by atoms with van der Waals surface area (Å²) >= 11 is 12.4. The molecule has 0 heterocycles. The molecule has 46 heavy (non-hydrogen) atoms. The number of benzene rings is 4. The Bertz CT molecular complexity index is 1760. The minimum absolute atomic E-state index is 0.0110. The molecule has 0 aliphatic heterocycles. The Kier molecular flexibility index (Phi) is 11.0. The minimum atomic E-state index is -3.57. The molecule has 2 amide bonds. The van der Waals surface area contributed by atoms with E-state index in [1.807, 2.05) is 54.6 Å². The Morgan fingerprint density at radius 3 is 2.22 bits per heavy atom. The summed E-state index contributed by atoms with van der Waals surface area (Å²) in [6.45, 7) is 0.315. The van der Waals surface area contributed by atoms with Crippen LogP contribution in [0.2, 0.25) is 10.0 Å². The molecule has 1 saturated carbocycles. The second kappa shape index (κ2) is 15.1. The number of amides is 2. The van der Waals surface area contributed by atoms with E-state index in [1.54, 1.807) is 54.5 Å². The zero-order valence-electron chi connectivity index (χ0n) is 25.3. The van der Waals surface area contributed by atoms with Crippen LogP contribution in [0, 0.1) is 0 Å². The third kappa shape index (κ3) is 8.88. The standard InChI is InChI=1S/C35H35Cl2N3O5S/c1-45-30-16-7-25(8-17-30)23-40(33(41)20-11-24-9-18-31(19-10-24)46(43,44)39-29-14-15-29)34(26-5-3-2-4-6-26)35(42)38-22-27-12-13-28(36)21-32(27)37/h2-10,12-13,16-19,21,29,34,39H,11,14-15,20,22-23H2,1H3,(H,38,42). The predicted octanol–water partition coefficient (Wildman–Crippen LogP) is 6.46. The molecular formula is C35H35Cl2N3O5S. The van der Waals surface area contributed by atoms with Crippen LogP contribution in [0.4, 0.5) is 0 Å². The maximum absolute atomic E-state index is 14.1. The first-order chi connectivity index (χ1) is 22.1. The van der Waals surface area contributed by atoms with Crippen LogP contribution in [-0.2, 0) is 39.1 Å². The van der Waals surface area contributed by atoms with Crippen molar-refractivity contribution >= 4 is 45.0 Å². The summed E-state index contributed by atoms with van der Waals surface area (Å²) in [4.78, 5) is 29.8. The average molecular weight is 681 g/mol. The zero-order chi connectivity index (χ0) is 32.7. The van der Waals surface area contributed by atoms with Gasteiger partial charge in [-0.1, -0.05) is 83.9 Å². The number of halogens is 2. The third-order valence-electron chi connectivity index (χ3n) is 7.74. The van der Waals surface area contributed by atoms with Gasteiger partial charge in [0.15, 0.2) is 0 Å². The van der Waals surface area contributed by atoms with E-state index >= 15 is 0 Å². The Balaban J connectivity index is 1.38. The number of ether oxygens (including phenoxy) is 1. The molecule has 0 bridgehead atoms. The molecule has 1 aliphatic rings. The fourth-order valence-electron chi connectivity index (χ4n) is 5.02. The minimum Gasteiger partial charge on any atom is -0.497 e. The zero-order valence-corrected chi connectivity index (χ0v) is 27.6. The molecule has 0 aromatic heterocycles. The van der Waals surface area contributed by atoms with Gasteiger partial charge in [-0.3, -0.25) is 9.59 Å². The van der Waals surface area contributed by atoms with Crippen LogP contribution in [0.3, 0.4) is 0 Å². The summed E-state index contributed by atoms with van der Waals surface area (Å²) in [7, 11) is -1.99. The molecule has 1 aliphatic carbocycles. The number of aryl methyl sites for hydroxylation is 1. The van der Waals surface area contributed by atoms with Crippen LogP contribution >= 0.6 is 23.2 Å². The van der Waals surface area contributed by atoms with Gasteiger partial charge in [0.2, 0.25) is 21.8 Å². The number of nitrogens with one attached hydrogen (secondary N) is 2. The van der Waals surface area contributed by atoms with Gasteiger partial charge in [0.05, 0.1) is 12.0 Å². The van der Waals surface area contributed by atoms with Crippen molar-refractivity contribution in [3.63, 3.8) is 0 Å². The van der Waals surface area contributed by atoms with E-state index < -0.39 is 16.1 Å². The first-order valence-corrected chi connectivity index (χ1v) is 17.2. The highest BCUT2D eigenvalue weighted by molar-refractivity contribution is 7.89. The molecule has 4 aromatic rings. The fraction of sp³-hybridized carbons (Fsp3) is 0.257. The van der Waals surface area contributed by atoms with E-state index in [-0.39, 0.29) is 42.3 Å². The molecule has 1 fully saturated rings. The van der Waals surface area contributed by atoms with Crippen molar-refractivity contribution in [2.24, 2.45) is 0 Å². The molecule has 1 atom stereocenters. The Morgan fingerprint density at radius 1 is 0.913 bits per heavy atom. The van der Waals surface area contributed by atoms with E-state index in [1.165, 1.54) is 0 Å². The summed E-state index contributed by atoms with van der Waals surface area (Å²) in [5, 5.41) is 3.88. The van der Waals surface area contributed by atoms with Crippen LogP contribution < -0.4 is 14.8 Å². The van der Waals surface area contributed by atoms with Gasteiger partial charge in [0.1, 0.15) is 11.8 Å². The van der Waals surface area contributed by atoms with Gasteiger partial charge >= 0.3 is 0 Å². The van der Waals surface area contributed by atoms with Crippen molar-refractivity contribution in [2.75, 3.05) is 7.11 Å². The van der Waals surface area contributed by atoms with Gasteiger partial charge < -0.3 is 15.0 Å². The van der Waals surface area contributed by atoms with E-state index in [2.05, 4.69) is 10.0 Å². The molecule has 0 radical (unpaired) electrons. The third-order valence-corrected chi connectivity index (χ3v) is 9.86. The van der Waals surface area contributed by atoms with Crippen molar-refractivity contribution in [2.45, 2.75) is 55.8 Å². The second-order valence-corrected chi connectivity index (χ2v) is 13.7. The molecule has 4 aromatic carbocycles. The molecule has 0 saturated heterocycles. The van der Waals surface area contributed by atoms with Gasteiger partial charge in [0.25, 0.3) is 0 Å². The van der Waals surface area contributed by atoms with E-state index in [4.69, 9.17) is 27.9 Å². The smallest absolute Gasteiger partial charge is 0.247 e. The summed E-state index contributed by atoms with van der Waals surface area (Å²) < 4.78 is 33.1. The number of rotatable bonds is 14. The highest BCUT2D eigenvalue weighted by Gasteiger charge is 2.32. The van der Waals surface area contributed by atoms with Gasteiger partial charge in [0, 0.05) is 35.6 Å². The van der Waals surface area contributed by atoms with Crippen LogP contribution in [0.25, 0.3) is 0 Å². The number of carbonyl (C=O) groups excluding carboxylic acids is 2. The van der Waals surface area contributed by atoms with E-state index in [9.17, 15) is 18.0 Å². The van der Waals surface area contributed by atoms with Crippen molar-refractivity contribution in [3.8, 4) is 5.75 Å². The van der Waals surface area contributed by atoms with Crippen molar-refractivity contribution in [3.05, 3.63) is 129 Å². The van der Waals surface area contributed by atoms with E-state index in [0.29, 0.717) is 33.3 Å². The SMILES string of the molecule is COc1ccc(CN(C(=O)CCc2ccc(S(=O)(=O)NC3CC3)cc2)C(C(=O)NCc2ccc(Cl)cc2Cl)c2ccccc2)cc1. The highest BCUT2D eigenvalue weighted by atomic mass is 35.5. The maximum Gasteiger partial charge on any atom is 0.247 e. The van der Waals surface area contributed by atoms with Gasteiger partial charge in [-0.25, -0.2) is 13.1 Å².